The lowest BCUT2D eigenvalue weighted by molar-refractivity contribution is 0.144. The summed E-state index contributed by atoms with van der Waals surface area (Å²) in [7, 11) is 0. The summed E-state index contributed by atoms with van der Waals surface area (Å²) in [6, 6.07) is 35.2. The minimum absolute atomic E-state index is 0.0661. The van der Waals surface area contributed by atoms with Crippen molar-refractivity contribution in [2.45, 2.75) is 5.92 Å². The highest BCUT2D eigenvalue weighted by molar-refractivity contribution is 5.79. The minimum atomic E-state index is -0.405. The van der Waals surface area contributed by atoms with Gasteiger partial charge >= 0.3 is 6.09 Å². The number of carbonyl (C=O) groups is 1. The summed E-state index contributed by atoms with van der Waals surface area (Å²) in [4.78, 5) is 12.4. The summed E-state index contributed by atoms with van der Waals surface area (Å²) in [5.41, 5.74) is 8.31. The number of hydrogen-bond acceptors (Lipinski definition) is 2. The van der Waals surface area contributed by atoms with Gasteiger partial charge in [-0.05, 0) is 38.9 Å². The molecule has 4 aromatic carbocycles. The summed E-state index contributed by atoms with van der Waals surface area (Å²) in [6.45, 7) is 0.722. The van der Waals surface area contributed by atoms with E-state index in [2.05, 4.69) is 53.8 Å². The molecule has 0 bridgehead atoms. The lowest BCUT2D eigenvalue weighted by Gasteiger charge is -2.14. The SMILES string of the molecule is O=C(NCC=Cc1ccccc1-c1ccccc1)OCC1c2ccccc2-c2ccccc21. The van der Waals surface area contributed by atoms with Crippen molar-refractivity contribution in [1.29, 1.82) is 0 Å². The second kappa shape index (κ2) is 9.58. The largest absolute Gasteiger partial charge is 0.449 e. The summed E-state index contributed by atoms with van der Waals surface area (Å²) < 4.78 is 5.60. The Morgan fingerprint density at radius 1 is 0.727 bits per heavy atom. The predicted octanol–water partition coefficient (Wildman–Crippen LogP) is 6.91. The van der Waals surface area contributed by atoms with Gasteiger partial charge in [-0.2, -0.15) is 0 Å². The van der Waals surface area contributed by atoms with Crippen LogP contribution < -0.4 is 5.32 Å². The first-order chi connectivity index (χ1) is 16.3. The molecule has 3 nitrogen and oxygen atoms in total. The van der Waals surface area contributed by atoms with Crippen LogP contribution in [-0.2, 0) is 4.74 Å². The van der Waals surface area contributed by atoms with E-state index in [1.165, 1.54) is 27.8 Å². The third kappa shape index (κ3) is 4.44. The number of fused-ring (bicyclic) bond motifs is 3. The summed E-state index contributed by atoms with van der Waals surface area (Å²) in [5.74, 6) is 0.0661. The van der Waals surface area contributed by atoms with E-state index in [-0.39, 0.29) is 5.92 Å². The van der Waals surface area contributed by atoms with E-state index >= 15 is 0 Å². The molecule has 4 aromatic rings. The molecule has 1 amide bonds. The Kier molecular flexibility index (Phi) is 6.03. The molecule has 0 atom stereocenters. The maximum Gasteiger partial charge on any atom is 0.407 e. The van der Waals surface area contributed by atoms with Crippen LogP contribution in [0.15, 0.2) is 109 Å². The fourth-order valence-electron chi connectivity index (χ4n) is 4.50. The number of benzene rings is 4. The highest BCUT2D eigenvalue weighted by atomic mass is 16.5. The van der Waals surface area contributed by atoms with Gasteiger partial charge in [-0.25, -0.2) is 4.79 Å². The van der Waals surface area contributed by atoms with Crippen molar-refractivity contribution in [3.63, 3.8) is 0 Å². The average Bonchev–Trinajstić information content (AvgIpc) is 3.20. The average molecular weight is 432 g/mol. The van der Waals surface area contributed by atoms with Crippen molar-refractivity contribution >= 4 is 12.2 Å². The molecule has 0 heterocycles. The molecule has 0 aliphatic heterocycles. The lowest BCUT2D eigenvalue weighted by atomic mass is 9.98. The molecule has 5 rings (SSSR count). The molecule has 0 unspecified atom stereocenters. The van der Waals surface area contributed by atoms with Crippen molar-refractivity contribution in [3.05, 3.63) is 126 Å². The Bertz CT molecular complexity index is 1250. The highest BCUT2D eigenvalue weighted by Crippen LogP contribution is 2.44. The van der Waals surface area contributed by atoms with E-state index in [1.807, 2.05) is 66.7 Å². The van der Waals surface area contributed by atoms with Gasteiger partial charge in [0.1, 0.15) is 6.61 Å². The number of amides is 1. The molecule has 1 N–H and O–H groups in total. The molecular weight excluding hydrogens is 406 g/mol. The third-order valence-corrected chi connectivity index (χ3v) is 6.05. The zero-order valence-electron chi connectivity index (χ0n) is 18.3. The van der Waals surface area contributed by atoms with Gasteiger partial charge in [0.2, 0.25) is 0 Å². The summed E-state index contributed by atoms with van der Waals surface area (Å²) >= 11 is 0. The predicted molar refractivity (Wildman–Crippen MR) is 134 cm³/mol. The highest BCUT2D eigenvalue weighted by Gasteiger charge is 2.28. The van der Waals surface area contributed by atoms with Crippen LogP contribution in [-0.4, -0.2) is 19.2 Å². The molecule has 0 fully saturated rings. The number of ether oxygens (including phenoxy) is 1. The Morgan fingerprint density at radius 3 is 2.00 bits per heavy atom. The van der Waals surface area contributed by atoms with Gasteiger partial charge < -0.3 is 10.1 Å². The molecule has 162 valence electrons. The first-order valence-electron chi connectivity index (χ1n) is 11.2. The van der Waals surface area contributed by atoms with Crippen LogP contribution in [0.25, 0.3) is 28.3 Å². The molecule has 33 heavy (non-hydrogen) atoms. The molecule has 0 aromatic heterocycles. The molecule has 0 saturated carbocycles. The maximum absolute atomic E-state index is 12.4. The van der Waals surface area contributed by atoms with Gasteiger partial charge in [-0.15, -0.1) is 0 Å². The van der Waals surface area contributed by atoms with Gasteiger partial charge in [-0.3, -0.25) is 0 Å². The van der Waals surface area contributed by atoms with Crippen LogP contribution >= 0.6 is 0 Å². The number of rotatable bonds is 6. The van der Waals surface area contributed by atoms with Crippen LogP contribution in [0.2, 0.25) is 0 Å². The summed E-state index contributed by atoms with van der Waals surface area (Å²) in [5, 5.41) is 2.84. The zero-order chi connectivity index (χ0) is 22.5. The van der Waals surface area contributed by atoms with Crippen molar-refractivity contribution in [1.82, 2.24) is 5.32 Å². The van der Waals surface area contributed by atoms with Gasteiger partial charge in [0.25, 0.3) is 0 Å². The van der Waals surface area contributed by atoms with Gasteiger partial charge in [-0.1, -0.05) is 115 Å². The van der Waals surface area contributed by atoms with Gasteiger partial charge in [0, 0.05) is 12.5 Å². The van der Waals surface area contributed by atoms with Crippen LogP contribution in [0.1, 0.15) is 22.6 Å². The van der Waals surface area contributed by atoms with E-state index in [0.29, 0.717) is 13.2 Å². The molecular formula is C30H25NO2. The fourth-order valence-corrected chi connectivity index (χ4v) is 4.50. The maximum atomic E-state index is 12.4. The molecule has 0 radical (unpaired) electrons. The van der Waals surface area contributed by atoms with E-state index in [9.17, 15) is 4.79 Å². The van der Waals surface area contributed by atoms with Crippen LogP contribution in [0.3, 0.4) is 0 Å². The monoisotopic (exact) mass is 431 g/mol. The van der Waals surface area contributed by atoms with Crippen LogP contribution in [0, 0.1) is 0 Å². The fraction of sp³-hybridized carbons (Fsp3) is 0.100. The Hall–Kier alpha value is -4.11. The standard InChI is InChI=1S/C30H25NO2/c32-30(31-20-10-14-23-13-4-5-15-24(23)22-11-2-1-3-12-22)33-21-29-27-18-8-6-16-25(27)26-17-7-9-19-28(26)29/h1-19,29H,20-21H2,(H,31,32). The number of alkyl carbamates (subject to hydrolysis) is 1. The molecule has 0 saturated heterocycles. The van der Waals surface area contributed by atoms with E-state index in [0.717, 1.165) is 11.1 Å². The quantitative estimate of drug-likeness (QED) is 0.360. The van der Waals surface area contributed by atoms with Gasteiger partial charge in [0.05, 0.1) is 0 Å². The summed E-state index contributed by atoms with van der Waals surface area (Å²) in [6.07, 6.45) is 3.58. The van der Waals surface area contributed by atoms with Crippen molar-refractivity contribution < 1.29 is 9.53 Å². The molecule has 3 heteroatoms. The second-order valence-electron chi connectivity index (χ2n) is 8.06. The Balaban J connectivity index is 1.19. The van der Waals surface area contributed by atoms with E-state index in [4.69, 9.17) is 4.74 Å². The number of nitrogens with one attached hydrogen (secondary N) is 1. The number of hydrogen-bond donors (Lipinski definition) is 1. The van der Waals surface area contributed by atoms with Crippen LogP contribution in [0.4, 0.5) is 4.79 Å². The molecule has 1 aliphatic carbocycles. The smallest absolute Gasteiger partial charge is 0.407 e. The topological polar surface area (TPSA) is 38.3 Å². The second-order valence-corrected chi connectivity index (χ2v) is 8.06. The normalized spacial score (nSPS) is 12.4. The van der Waals surface area contributed by atoms with Crippen molar-refractivity contribution in [2.75, 3.05) is 13.2 Å². The van der Waals surface area contributed by atoms with E-state index < -0.39 is 6.09 Å². The van der Waals surface area contributed by atoms with Crippen molar-refractivity contribution in [2.24, 2.45) is 0 Å². The molecule has 0 spiro atoms. The minimum Gasteiger partial charge on any atom is -0.449 e. The Labute approximate surface area is 194 Å². The molecule has 1 aliphatic rings. The lowest BCUT2D eigenvalue weighted by Crippen LogP contribution is -2.26. The first kappa shape index (κ1) is 20.8. The zero-order valence-corrected chi connectivity index (χ0v) is 18.3. The van der Waals surface area contributed by atoms with Crippen molar-refractivity contribution in [3.8, 4) is 22.3 Å². The Morgan fingerprint density at radius 2 is 1.30 bits per heavy atom. The number of carbonyl (C=O) groups excluding carboxylic acids is 1. The first-order valence-corrected chi connectivity index (χ1v) is 11.2. The third-order valence-electron chi connectivity index (χ3n) is 6.05. The van der Waals surface area contributed by atoms with Gasteiger partial charge in [0.15, 0.2) is 0 Å². The van der Waals surface area contributed by atoms with E-state index in [1.54, 1.807) is 0 Å². The van der Waals surface area contributed by atoms with Crippen LogP contribution in [0.5, 0.6) is 0 Å².